The topological polar surface area (TPSA) is 149 Å². The SMILES string of the molecule is C=C(C)C(=O)OCCNC(=O)OCC(CO)OC(=O)NCCOC(=O)C(=C)C. The first-order valence-electron chi connectivity index (χ1n) is 8.28. The van der Waals surface area contributed by atoms with Gasteiger partial charge in [0, 0.05) is 11.1 Å². The Morgan fingerprint density at radius 1 is 0.857 bits per heavy atom. The number of hydrogen-bond donors (Lipinski definition) is 3. The van der Waals surface area contributed by atoms with Crippen LogP contribution in [0.1, 0.15) is 13.8 Å². The molecule has 0 heterocycles. The van der Waals surface area contributed by atoms with Gasteiger partial charge in [-0.25, -0.2) is 19.2 Å². The predicted molar refractivity (Wildman–Crippen MR) is 96.3 cm³/mol. The summed E-state index contributed by atoms with van der Waals surface area (Å²) in [4.78, 5) is 45.3. The normalized spacial score (nSPS) is 10.8. The first-order chi connectivity index (χ1) is 13.2. The van der Waals surface area contributed by atoms with Crippen LogP contribution in [0.5, 0.6) is 0 Å². The quantitative estimate of drug-likeness (QED) is 0.178. The number of carbonyl (C=O) groups excluding carboxylic acids is 4. The summed E-state index contributed by atoms with van der Waals surface area (Å²) in [5.74, 6) is -1.17. The van der Waals surface area contributed by atoms with Crippen molar-refractivity contribution in [3.63, 3.8) is 0 Å². The van der Waals surface area contributed by atoms with Gasteiger partial charge in [-0.05, 0) is 13.8 Å². The second-order valence-electron chi connectivity index (χ2n) is 5.49. The van der Waals surface area contributed by atoms with Crippen LogP contribution in [-0.2, 0) is 28.5 Å². The van der Waals surface area contributed by atoms with Crippen molar-refractivity contribution in [1.29, 1.82) is 0 Å². The number of alkyl carbamates (subject to hydrolysis) is 2. The fourth-order valence-corrected chi connectivity index (χ4v) is 1.38. The van der Waals surface area contributed by atoms with E-state index in [2.05, 4.69) is 23.8 Å². The largest absolute Gasteiger partial charge is 0.460 e. The maximum Gasteiger partial charge on any atom is 0.407 e. The summed E-state index contributed by atoms with van der Waals surface area (Å²) >= 11 is 0. The van der Waals surface area contributed by atoms with Crippen LogP contribution in [0.2, 0.25) is 0 Å². The third kappa shape index (κ3) is 12.3. The van der Waals surface area contributed by atoms with Gasteiger partial charge in [0.2, 0.25) is 0 Å². The van der Waals surface area contributed by atoms with Gasteiger partial charge in [-0.3, -0.25) is 0 Å². The predicted octanol–water partition coefficient (Wildman–Crippen LogP) is 0.0383. The Bertz CT molecular complexity index is 589. The van der Waals surface area contributed by atoms with Gasteiger partial charge in [-0.15, -0.1) is 0 Å². The van der Waals surface area contributed by atoms with Crippen LogP contribution in [0.3, 0.4) is 0 Å². The molecular formula is C17H26N2O9. The zero-order valence-corrected chi connectivity index (χ0v) is 15.9. The van der Waals surface area contributed by atoms with E-state index in [4.69, 9.17) is 24.1 Å². The standard InChI is InChI=1S/C17H26N2O9/c1-11(2)14(21)25-7-5-18-16(23)27-10-13(9-20)28-17(24)19-6-8-26-15(22)12(3)4/h13,20H,1,3,5-10H2,2,4H3,(H,18,23)(H,19,24). The van der Waals surface area contributed by atoms with E-state index in [1.54, 1.807) is 0 Å². The lowest BCUT2D eigenvalue weighted by Crippen LogP contribution is -2.37. The Morgan fingerprint density at radius 3 is 1.75 bits per heavy atom. The molecule has 0 aliphatic heterocycles. The van der Waals surface area contributed by atoms with Crippen molar-refractivity contribution in [2.75, 3.05) is 39.5 Å². The van der Waals surface area contributed by atoms with Gasteiger partial charge in [-0.2, -0.15) is 0 Å². The molecule has 0 aromatic carbocycles. The number of ether oxygens (including phenoxy) is 4. The van der Waals surface area contributed by atoms with Gasteiger partial charge in [0.05, 0.1) is 19.7 Å². The van der Waals surface area contributed by atoms with Crippen molar-refractivity contribution >= 4 is 24.1 Å². The zero-order chi connectivity index (χ0) is 21.5. The third-order valence-electron chi connectivity index (χ3n) is 2.78. The minimum atomic E-state index is -1.09. The summed E-state index contributed by atoms with van der Waals surface area (Å²) in [6.07, 6.45) is -2.83. The number of rotatable bonds is 12. The summed E-state index contributed by atoms with van der Waals surface area (Å²) in [5.41, 5.74) is 0.463. The van der Waals surface area contributed by atoms with Crippen molar-refractivity contribution < 1.29 is 43.2 Å². The smallest absolute Gasteiger partial charge is 0.407 e. The van der Waals surface area contributed by atoms with E-state index in [0.29, 0.717) is 0 Å². The molecule has 0 fully saturated rings. The van der Waals surface area contributed by atoms with Crippen LogP contribution in [0.25, 0.3) is 0 Å². The molecule has 0 spiro atoms. The zero-order valence-electron chi connectivity index (χ0n) is 15.9. The Morgan fingerprint density at radius 2 is 1.32 bits per heavy atom. The number of aliphatic hydroxyl groups excluding tert-OH is 1. The highest BCUT2D eigenvalue weighted by Crippen LogP contribution is 1.95. The second kappa shape index (κ2) is 14.0. The third-order valence-corrected chi connectivity index (χ3v) is 2.78. The fourth-order valence-electron chi connectivity index (χ4n) is 1.38. The van der Waals surface area contributed by atoms with E-state index in [1.165, 1.54) is 13.8 Å². The van der Waals surface area contributed by atoms with Gasteiger partial charge in [0.15, 0.2) is 6.10 Å². The molecule has 0 aromatic heterocycles. The Balaban J connectivity index is 3.94. The number of nitrogens with one attached hydrogen (secondary N) is 2. The molecule has 0 saturated heterocycles. The molecule has 0 bridgehead atoms. The number of esters is 2. The van der Waals surface area contributed by atoms with E-state index < -0.39 is 43.4 Å². The van der Waals surface area contributed by atoms with Crippen LogP contribution in [-0.4, -0.2) is 74.9 Å². The molecule has 28 heavy (non-hydrogen) atoms. The Hall–Kier alpha value is -3.08. The number of amides is 2. The molecule has 1 atom stereocenters. The van der Waals surface area contributed by atoms with Crippen molar-refractivity contribution in [3.05, 3.63) is 24.3 Å². The monoisotopic (exact) mass is 402 g/mol. The molecule has 158 valence electrons. The van der Waals surface area contributed by atoms with Crippen molar-refractivity contribution in [3.8, 4) is 0 Å². The van der Waals surface area contributed by atoms with E-state index in [0.717, 1.165) is 0 Å². The van der Waals surface area contributed by atoms with Gasteiger partial charge >= 0.3 is 24.1 Å². The molecule has 11 nitrogen and oxygen atoms in total. The van der Waals surface area contributed by atoms with Crippen molar-refractivity contribution in [1.82, 2.24) is 10.6 Å². The molecule has 11 heteroatoms. The van der Waals surface area contributed by atoms with E-state index in [9.17, 15) is 19.2 Å². The molecule has 2 amide bonds. The summed E-state index contributed by atoms with van der Waals surface area (Å²) in [6, 6.07) is 0. The lowest BCUT2D eigenvalue weighted by molar-refractivity contribution is -0.139. The molecule has 0 aliphatic rings. The molecule has 0 radical (unpaired) electrons. The van der Waals surface area contributed by atoms with Crippen molar-refractivity contribution in [2.45, 2.75) is 20.0 Å². The minimum absolute atomic E-state index is 0.00584. The fraction of sp³-hybridized carbons (Fsp3) is 0.529. The Labute approximate surface area is 162 Å². The van der Waals surface area contributed by atoms with Crippen LogP contribution in [0.15, 0.2) is 24.3 Å². The van der Waals surface area contributed by atoms with Gasteiger partial charge in [0.25, 0.3) is 0 Å². The molecule has 3 N–H and O–H groups in total. The summed E-state index contributed by atoms with van der Waals surface area (Å²) in [5, 5.41) is 13.8. The van der Waals surface area contributed by atoms with Crippen LogP contribution in [0, 0.1) is 0 Å². The van der Waals surface area contributed by atoms with E-state index in [1.807, 2.05) is 0 Å². The van der Waals surface area contributed by atoms with E-state index in [-0.39, 0.29) is 37.4 Å². The van der Waals surface area contributed by atoms with Crippen LogP contribution >= 0.6 is 0 Å². The van der Waals surface area contributed by atoms with Gasteiger partial charge in [0.1, 0.15) is 19.8 Å². The maximum absolute atomic E-state index is 11.6. The summed E-state index contributed by atoms with van der Waals surface area (Å²) in [7, 11) is 0. The highest BCUT2D eigenvalue weighted by molar-refractivity contribution is 5.87. The van der Waals surface area contributed by atoms with Gasteiger partial charge in [-0.1, -0.05) is 13.2 Å². The summed E-state index contributed by atoms with van der Waals surface area (Å²) < 4.78 is 19.2. The molecule has 0 aromatic rings. The highest BCUT2D eigenvalue weighted by atomic mass is 16.6. The van der Waals surface area contributed by atoms with Gasteiger partial charge < -0.3 is 34.7 Å². The van der Waals surface area contributed by atoms with Crippen LogP contribution in [0.4, 0.5) is 9.59 Å². The average Bonchev–Trinajstić information content (AvgIpc) is 2.64. The summed E-state index contributed by atoms with van der Waals surface area (Å²) in [6.45, 7) is 8.65. The average molecular weight is 402 g/mol. The molecule has 0 rings (SSSR count). The Kier molecular flexibility index (Phi) is 12.5. The molecule has 0 saturated carbocycles. The van der Waals surface area contributed by atoms with Crippen LogP contribution < -0.4 is 10.6 Å². The minimum Gasteiger partial charge on any atom is -0.460 e. The van der Waals surface area contributed by atoms with E-state index >= 15 is 0 Å². The van der Waals surface area contributed by atoms with Crippen molar-refractivity contribution in [2.24, 2.45) is 0 Å². The molecule has 0 aliphatic carbocycles. The first-order valence-corrected chi connectivity index (χ1v) is 8.28. The highest BCUT2D eigenvalue weighted by Gasteiger charge is 2.16. The molecular weight excluding hydrogens is 376 g/mol. The second-order valence-corrected chi connectivity index (χ2v) is 5.49. The first kappa shape index (κ1) is 24.9. The molecule has 1 unspecified atom stereocenters. The number of carbonyl (C=O) groups is 4. The number of hydrogen-bond acceptors (Lipinski definition) is 9. The lowest BCUT2D eigenvalue weighted by Gasteiger charge is -2.16. The maximum atomic E-state index is 11.6. The number of aliphatic hydroxyl groups is 1. The lowest BCUT2D eigenvalue weighted by atomic mass is 10.4.